The molecule has 0 unspecified atom stereocenters. The summed E-state index contributed by atoms with van der Waals surface area (Å²) >= 11 is 0. The van der Waals surface area contributed by atoms with E-state index in [2.05, 4.69) is 16.0 Å². The van der Waals surface area contributed by atoms with E-state index in [0.29, 0.717) is 44.5 Å². The van der Waals surface area contributed by atoms with Crippen LogP contribution in [-0.2, 0) is 51.3 Å². The van der Waals surface area contributed by atoms with Gasteiger partial charge in [-0.25, -0.2) is 0 Å². The first kappa shape index (κ1) is 39.3. The van der Waals surface area contributed by atoms with E-state index in [1.165, 1.54) is 11.8 Å². The Morgan fingerprint density at radius 1 is 0.870 bits per heavy atom. The number of fused-ring (bicyclic) bond motifs is 1. The number of carbonyl (C=O) groups excluding carboxylic acids is 7. The lowest BCUT2D eigenvalue weighted by Gasteiger charge is -2.28. The minimum atomic E-state index is -1.11. The van der Waals surface area contributed by atoms with Gasteiger partial charge in [0.25, 0.3) is 11.8 Å². The third-order valence-corrected chi connectivity index (χ3v) is 9.51. The number of carbonyl (C=O) groups is 7. The second kappa shape index (κ2) is 18.7. The molecule has 284 valence electrons. The third kappa shape index (κ3) is 10.4. The fraction of sp³-hybridized carbons (Fsp3) is 0.375. The zero-order valence-electron chi connectivity index (χ0n) is 30.3. The number of amides is 6. The molecule has 3 aromatic rings. The maximum Gasteiger partial charge on any atom is 0.302 e. The summed E-state index contributed by atoms with van der Waals surface area (Å²) in [5.41, 5.74) is 7.75. The molecule has 6 amide bonds. The SMILES string of the molecule is CC(=O)OCc1ccc(NC(=O)[C@H](CCCCN)NC(=O)[C@H](Cc2cccc3ccccc23)NC(=O)[C@@H]2CCCN2C(=O)CCN2C(=O)C=CC2=O)cc1. The van der Waals surface area contributed by atoms with Crippen LogP contribution in [0.3, 0.4) is 0 Å². The van der Waals surface area contributed by atoms with Crippen molar-refractivity contribution in [2.24, 2.45) is 5.73 Å². The lowest BCUT2D eigenvalue weighted by molar-refractivity contribution is -0.143. The molecular weight excluding hydrogens is 692 g/mol. The van der Waals surface area contributed by atoms with Crippen LogP contribution in [0.15, 0.2) is 78.9 Å². The topological polar surface area (TPSA) is 197 Å². The standard InChI is InChI=1S/C40H46N6O8/c1-26(47)54-25-27-14-16-30(17-15-27)42-38(51)32(12-4-5-21-41)43-39(52)33(24-29-10-6-9-28-8-2-3-11-31(28)29)44-40(53)34-13-7-22-45(34)37(50)20-23-46-35(48)18-19-36(46)49/h2-3,6,8-11,14-19,32-34H,4-5,7,12-13,20-25,41H2,1H3,(H,42,51)(H,43,52)(H,44,53)/t32-,33-,34-/m0/s1. The van der Waals surface area contributed by atoms with Gasteiger partial charge in [0.1, 0.15) is 24.7 Å². The number of benzene rings is 3. The lowest BCUT2D eigenvalue weighted by Crippen LogP contribution is -2.56. The van der Waals surface area contributed by atoms with Gasteiger partial charge in [-0.05, 0) is 72.7 Å². The summed E-state index contributed by atoms with van der Waals surface area (Å²) < 4.78 is 5.03. The molecule has 1 fully saturated rings. The Kier molecular flexibility index (Phi) is 13.6. The number of likely N-dealkylation sites (tertiary alicyclic amines) is 1. The van der Waals surface area contributed by atoms with Crippen molar-refractivity contribution in [2.45, 2.75) is 76.6 Å². The highest BCUT2D eigenvalue weighted by molar-refractivity contribution is 6.13. The predicted octanol–water partition coefficient (Wildman–Crippen LogP) is 2.49. The van der Waals surface area contributed by atoms with E-state index in [4.69, 9.17) is 10.5 Å². The zero-order valence-corrected chi connectivity index (χ0v) is 30.3. The fourth-order valence-electron chi connectivity index (χ4n) is 6.64. The van der Waals surface area contributed by atoms with Crippen molar-refractivity contribution in [3.05, 3.63) is 90.0 Å². The van der Waals surface area contributed by atoms with Gasteiger partial charge in [-0.15, -0.1) is 0 Å². The fourth-order valence-corrected chi connectivity index (χ4v) is 6.64. The number of nitrogens with zero attached hydrogens (tertiary/aromatic N) is 2. The van der Waals surface area contributed by atoms with Gasteiger partial charge in [0.05, 0.1) is 0 Å². The van der Waals surface area contributed by atoms with Gasteiger partial charge in [0, 0.05) is 50.7 Å². The Balaban J connectivity index is 1.33. The monoisotopic (exact) mass is 738 g/mol. The number of nitrogens with one attached hydrogen (secondary N) is 3. The molecule has 5 N–H and O–H groups in total. The maximum absolute atomic E-state index is 14.2. The average molecular weight is 739 g/mol. The minimum absolute atomic E-state index is 0.0935. The van der Waals surface area contributed by atoms with E-state index in [1.54, 1.807) is 24.3 Å². The number of hydrogen-bond acceptors (Lipinski definition) is 9. The summed E-state index contributed by atoms with van der Waals surface area (Å²) in [6.45, 7) is 2.03. The van der Waals surface area contributed by atoms with Crippen LogP contribution in [0, 0.1) is 0 Å². The number of unbranched alkanes of at least 4 members (excludes halogenated alkanes) is 1. The summed E-state index contributed by atoms with van der Waals surface area (Å²) in [6, 6.07) is 17.2. The van der Waals surface area contributed by atoms with Crippen molar-refractivity contribution in [3.63, 3.8) is 0 Å². The van der Waals surface area contributed by atoms with Crippen LogP contribution in [-0.4, -0.2) is 89.0 Å². The Hall–Kier alpha value is -5.89. The number of nitrogens with two attached hydrogens (primary N) is 1. The smallest absolute Gasteiger partial charge is 0.302 e. The van der Waals surface area contributed by atoms with E-state index in [0.717, 1.165) is 39.0 Å². The first-order chi connectivity index (χ1) is 26.0. The second-order valence-electron chi connectivity index (χ2n) is 13.4. The van der Waals surface area contributed by atoms with Gasteiger partial charge in [-0.1, -0.05) is 54.6 Å². The quantitative estimate of drug-likeness (QED) is 0.0914. The minimum Gasteiger partial charge on any atom is -0.461 e. The molecule has 0 bridgehead atoms. The van der Waals surface area contributed by atoms with Crippen LogP contribution in [0.25, 0.3) is 10.8 Å². The van der Waals surface area contributed by atoms with E-state index in [1.807, 2.05) is 42.5 Å². The molecule has 14 nitrogen and oxygen atoms in total. The summed E-state index contributed by atoms with van der Waals surface area (Å²) in [5, 5.41) is 10.5. The van der Waals surface area contributed by atoms with Gasteiger partial charge in [0.15, 0.2) is 0 Å². The Bertz CT molecular complexity index is 1890. The molecule has 0 spiro atoms. The highest BCUT2D eigenvalue weighted by Crippen LogP contribution is 2.23. The average Bonchev–Trinajstić information content (AvgIpc) is 3.79. The number of hydrogen-bond donors (Lipinski definition) is 4. The molecule has 0 radical (unpaired) electrons. The molecule has 2 aliphatic rings. The van der Waals surface area contributed by atoms with Crippen LogP contribution in [0.5, 0.6) is 0 Å². The van der Waals surface area contributed by atoms with Gasteiger partial charge >= 0.3 is 5.97 Å². The van der Waals surface area contributed by atoms with Crippen molar-refractivity contribution < 1.29 is 38.3 Å². The van der Waals surface area contributed by atoms with Crippen molar-refractivity contribution in [1.82, 2.24) is 20.4 Å². The van der Waals surface area contributed by atoms with Crippen LogP contribution >= 0.6 is 0 Å². The van der Waals surface area contributed by atoms with Gasteiger partial charge in [0.2, 0.25) is 23.6 Å². The van der Waals surface area contributed by atoms with Gasteiger partial charge < -0.3 is 31.3 Å². The van der Waals surface area contributed by atoms with Crippen LogP contribution in [0.4, 0.5) is 5.69 Å². The summed E-state index contributed by atoms with van der Waals surface area (Å²) in [7, 11) is 0. The number of ether oxygens (including phenoxy) is 1. The Labute approximate surface area is 313 Å². The molecule has 3 aromatic carbocycles. The van der Waals surface area contributed by atoms with Crippen molar-refractivity contribution in [3.8, 4) is 0 Å². The second-order valence-corrected chi connectivity index (χ2v) is 13.4. The lowest BCUT2D eigenvalue weighted by atomic mass is 9.97. The zero-order chi connectivity index (χ0) is 38.6. The molecule has 1 saturated heterocycles. The predicted molar refractivity (Wildman–Crippen MR) is 200 cm³/mol. The molecule has 2 aliphatic heterocycles. The molecule has 3 atom stereocenters. The van der Waals surface area contributed by atoms with E-state index in [9.17, 15) is 33.6 Å². The van der Waals surface area contributed by atoms with Gasteiger partial charge in [-0.2, -0.15) is 0 Å². The summed E-state index contributed by atoms with van der Waals surface area (Å²) in [4.78, 5) is 92.6. The van der Waals surface area contributed by atoms with Crippen LogP contribution in [0.2, 0.25) is 0 Å². The van der Waals surface area contributed by atoms with E-state index >= 15 is 0 Å². The van der Waals surface area contributed by atoms with Crippen LogP contribution < -0.4 is 21.7 Å². The third-order valence-electron chi connectivity index (χ3n) is 9.51. The summed E-state index contributed by atoms with van der Waals surface area (Å²) in [5.74, 6) is -3.32. The molecule has 0 aromatic heterocycles. The molecule has 14 heteroatoms. The van der Waals surface area contributed by atoms with Crippen molar-refractivity contribution in [1.29, 1.82) is 0 Å². The number of rotatable bonds is 17. The van der Waals surface area contributed by atoms with E-state index in [-0.39, 0.29) is 38.3 Å². The molecule has 0 aliphatic carbocycles. The molecule has 5 rings (SSSR count). The van der Waals surface area contributed by atoms with Crippen molar-refractivity contribution >= 4 is 57.9 Å². The Morgan fingerprint density at radius 2 is 1.59 bits per heavy atom. The largest absolute Gasteiger partial charge is 0.461 e. The normalized spacial score (nSPS) is 16.3. The highest BCUT2D eigenvalue weighted by Gasteiger charge is 2.37. The van der Waals surface area contributed by atoms with Gasteiger partial charge in [-0.3, -0.25) is 38.5 Å². The number of anilines is 1. The molecule has 2 heterocycles. The highest BCUT2D eigenvalue weighted by atomic mass is 16.5. The first-order valence-corrected chi connectivity index (χ1v) is 18.2. The molecular formula is C40H46N6O8. The molecule has 54 heavy (non-hydrogen) atoms. The number of esters is 1. The number of imide groups is 1. The van der Waals surface area contributed by atoms with E-state index < -0.39 is 53.6 Å². The van der Waals surface area contributed by atoms with Crippen LogP contribution in [0.1, 0.15) is 56.6 Å². The maximum atomic E-state index is 14.2. The molecule has 0 saturated carbocycles. The Morgan fingerprint density at radius 3 is 2.31 bits per heavy atom. The van der Waals surface area contributed by atoms with Crippen molar-refractivity contribution in [2.75, 3.05) is 25.0 Å². The summed E-state index contributed by atoms with van der Waals surface area (Å²) in [6.07, 6.45) is 4.66. The first-order valence-electron chi connectivity index (χ1n) is 18.2.